The summed E-state index contributed by atoms with van der Waals surface area (Å²) in [4.78, 5) is 23.0. The van der Waals surface area contributed by atoms with E-state index < -0.39 is 23.7 Å². The van der Waals surface area contributed by atoms with Crippen LogP contribution in [0.25, 0.3) is 0 Å². The highest BCUT2D eigenvalue weighted by atomic mass is 79.9. The van der Waals surface area contributed by atoms with Gasteiger partial charge >= 0.3 is 5.97 Å². The molecule has 0 bridgehead atoms. The van der Waals surface area contributed by atoms with Crippen LogP contribution in [0.2, 0.25) is 0 Å². The summed E-state index contributed by atoms with van der Waals surface area (Å²) in [6.45, 7) is 0. The summed E-state index contributed by atoms with van der Waals surface area (Å²) in [6.07, 6.45) is 2.38. The summed E-state index contributed by atoms with van der Waals surface area (Å²) < 4.78 is 14.1. The van der Waals surface area contributed by atoms with E-state index in [0.717, 1.165) is 18.9 Å². The van der Waals surface area contributed by atoms with Crippen LogP contribution in [0.1, 0.15) is 29.6 Å². The van der Waals surface area contributed by atoms with Crippen LogP contribution in [0, 0.1) is 11.7 Å². The molecule has 2 N–H and O–H groups in total. The molecular formula is C13H13BrFNO3. The van der Waals surface area contributed by atoms with Gasteiger partial charge in [0.2, 0.25) is 0 Å². The number of carbonyl (C=O) groups is 2. The van der Waals surface area contributed by atoms with Crippen LogP contribution < -0.4 is 5.32 Å². The fourth-order valence-corrected chi connectivity index (χ4v) is 2.18. The number of benzene rings is 1. The fourth-order valence-electron chi connectivity index (χ4n) is 1.82. The third-order valence-corrected chi connectivity index (χ3v) is 3.54. The Morgan fingerprint density at radius 1 is 1.47 bits per heavy atom. The molecule has 102 valence electrons. The van der Waals surface area contributed by atoms with Gasteiger partial charge in [0.05, 0.1) is 5.56 Å². The lowest BCUT2D eigenvalue weighted by Crippen LogP contribution is -2.41. The summed E-state index contributed by atoms with van der Waals surface area (Å²) in [5.41, 5.74) is -0.156. The molecule has 4 nitrogen and oxygen atoms in total. The molecule has 0 radical (unpaired) electrons. The first kappa shape index (κ1) is 14.0. The minimum atomic E-state index is -1.09. The molecule has 1 amide bonds. The lowest BCUT2D eigenvalue weighted by molar-refractivity contribution is -0.139. The van der Waals surface area contributed by atoms with E-state index in [2.05, 4.69) is 21.2 Å². The molecule has 1 atom stereocenters. The molecule has 0 aromatic heterocycles. The Morgan fingerprint density at radius 3 is 2.74 bits per heavy atom. The molecule has 6 heteroatoms. The second-order valence-corrected chi connectivity index (χ2v) is 5.58. The zero-order chi connectivity index (χ0) is 14.0. The standard InChI is InChI=1S/C13H13BrFNO3/c14-8-3-4-10(15)9(6-8)12(17)16-11(13(18)19)5-7-1-2-7/h3-4,6-7,11H,1-2,5H2,(H,16,17)(H,18,19). The highest BCUT2D eigenvalue weighted by Crippen LogP contribution is 2.33. The number of hydrogen-bond donors (Lipinski definition) is 2. The van der Waals surface area contributed by atoms with Crippen LogP contribution in [-0.2, 0) is 4.79 Å². The van der Waals surface area contributed by atoms with Crippen molar-refractivity contribution in [2.75, 3.05) is 0 Å². The molecule has 0 heterocycles. The van der Waals surface area contributed by atoms with Gasteiger partial charge in [-0.15, -0.1) is 0 Å². The molecule has 1 aromatic carbocycles. The summed E-state index contributed by atoms with van der Waals surface area (Å²) in [7, 11) is 0. The normalized spacial score (nSPS) is 15.9. The van der Waals surface area contributed by atoms with Gasteiger partial charge < -0.3 is 10.4 Å². The van der Waals surface area contributed by atoms with E-state index in [9.17, 15) is 14.0 Å². The van der Waals surface area contributed by atoms with Crippen molar-refractivity contribution in [1.29, 1.82) is 0 Å². The van der Waals surface area contributed by atoms with E-state index in [-0.39, 0.29) is 5.56 Å². The van der Waals surface area contributed by atoms with Crippen LogP contribution in [0.5, 0.6) is 0 Å². The summed E-state index contributed by atoms with van der Waals surface area (Å²) in [5, 5.41) is 11.4. The highest BCUT2D eigenvalue weighted by Gasteiger charge is 2.30. The number of rotatable bonds is 5. The lowest BCUT2D eigenvalue weighted by atomic mass is 10.1. The van der Waals surface area contributed by atoms with Crippen molar-refractivity contribution >= 4 is 27.8 Å². The third kappa shape index (κ3) is 3.76. The lowest BCUT2D eigenvalue weighted by Gasteiger charge is -2.14. The van der Waals surface area contributed by atoms with Crippen LogP contribution in [0.4, 0.5) is 4.39 Å². The average molecular weight is 330 g/mol. The van der Waals surface area contributed by atoms with Crippen LogP contribution >= 0.6 is 15.9 Å². The number of amides is 1. The van der Waals surface area contributed by atoms with Crippen LogP contribution in [0.15, 0.2) is 22.7 Å². The Morgan fingerprint density at radius 2 is 2.16 bits per heavy atom. The number of carbonyl (C=O) groups excluding carboxylic acids is 1. The first-order chi connectivity index (χ1) is 8.97. The predicted octanol–water partition coefficient (Wildman–Crippen LogP) is 2.57. The zero-order valence-corrected chi connectivity index (χ0v) is 11.6. The molecule has 19 heavy (non-hydrogen) atoms. The number of halogens is 2. The second-order valence-electron chi connectivity index (χ2n) is 4.67. The first-order valence-corrected chi connectivity index (χ1v) is 6.75. The van der Waals surface area contributed by atoms with Crippen LogP contribution in [-0.4, -0.2) is 23.0 Å². The molecule has 0 saturated heterocycles. The molecule has 0 aliphatic heterocycles. The average Bonchev–Trinajstić information content (AvgIpc) is 3.15. The Bertz CT molecular complexity index is 517. The van der Waals surface area contributed by atoms with E-state index in [1.54, 1.807) is 0 Å². The first-order valence-electron chi connectivity index (χ1n) is 5.96. The van der Waals surface area contributed by atoms with Crippen molar-refractivity contribution in [1.82, 2.24) is 5.32 Å². The van der Waals surface area contributed by atoms with Crippen molar-refractivity contribution in [2.45, 2.75) is 25.3 Å². The summed E-state index contributed by atoms with van der Waals surface area (Å²) >= 11 is 3.15. The fraction of sp³-hybridized carbons (Fsp3) is 0.385. The smallest absolute Gasteiger partial charge is 0.326 e. The van der Waals surface area contributed by atoms with Gasteiger partial charge in [0, 0.05) is 4.47 Å². The van der Waals surface area contributed by atoms with E-state index in [1.165, 1.54) is 12.1 Å². The van der Waals surface area contributed by atoms with Crippen molar-refractivity contribution in [3.8, 4) is 0 Å². The van der Waals surface area contributed by atoms with Gasteiger partial charge in [-0.1, -0.05) is 28.8 Å². The Kier molecular flexibility index (Phi) is 4.19. The molecule has 1 aromatic rings. The second kappa shape index (κ2) is 5.69. The largest absolute Gasteiger partial charge is 0.480 e. The Hall–Kier alpha value is -1.43. The maximum Gasteiger partial charge on any atom is 0.326 e. The van der Waals surface area contributed by atoms with Gasteiger partial charge in [-0.3, -0.25) is 4.79 Å². The van der Waals surface area contributed by atoms with E-state index in [4.69, 9.17) is 5.11 Å². The quantitative estimate of drug-likeness (QED) is 0.872. The molecule has 1 aliphatic rings. The summed E-state index contributed by atoms with van der Waals surface area (Å²) in [5.74, 6) is -2.10. The minimum absolute atomic E-state index is 0.156. The van der Waals surface area contributed by atoms with Gasteiger partial charge in [0.1, 0.15) is 11.9 Å². The third-order valence-electron chi connectivity index (χ3n) is 3.04. The number of nitrogens with one attached hydrogen (secondary N) is 1. The van der Waals surface area contributed by atoms with E-state index >= 15 is 0 Å². The Balaban J connectivity index is 2.09. The monoisotopic (exact) mass is 329 g/mol. The van der Waals surface area contributed by atoms with Gasteiger partial charge in [0.25, 0.3) is 5.91 Å². The van der Waals surface area contributed by atoms with Gasteiger partial charge in [-0.2, -0.15) is 0 Å². The van der Waals surface area contributed by atoms with Crippen molar-refractivity contribution in [2.24, 2.45) is 5.92 Å². The van der Waals surface area contributed by atoms with Gasteiger partial charge in [-0.05, 0) is 30.5 Å². The summed E-state index contributed by atoms with van der Waals surface area (Å²) in [6, 6.07) is 3.01. The topological polar surface area (TPSA) is 66.4 Å². The molecule has 1 aliphatic carbocycles. The van der Waals surface area contributed by atoms with Gasteiger partial charge in [0.15, 0.2) is 0 Å². The SMILES string of the molecule is O=C(NC(CC1CC1)C(=O)O)c1cc(Br)ccc1F. The molecular weight excluding hydrogens is 317 g/mol. The maximum absolute atomic E-state index is 13.5. The number of hydrogen-bond acceptors (Lipinski definition) is 2. The molecule has 0 spiro atoms. The number of carboxylic acid groups (broad SMARTS) is 1. The van der Waals surface area contributed by atoms with Crippen LogP contribution in [0.3, 0.4) is 0 Å². The van der Waals surface area contributed by atoms with E-state index in [0.29, 0.717) is 16.8 Å². The number of aliphatic carboxylic acids is 1. The molecule has 1 saturated carbocycles. The molecule has 1 unspecified atom stereocenters. The maximum atomic E-state index is 13.5. The van der Waals surface area contributed by atoms with Gasteiger partial charge in [-0.25, -0.2) is 9.18 Å². The van der Waals surface area contributed by atoms with Crippen molar-refractivity contribution in [3.63, 3.8) is 0 Å². The van der Waals surface area contributed by atoms with Crippen molar-refractivity contribution < 1.29 is 19.1 Å². The Labute approximate surface area is 118 Å². The molecule has 2 rings (SSSR count). The van der Waals surface area contributed by atoms with Crippen molar-refractivity contribution in [3.05, 3.63) is 34.1 Å². The highest BCUT2D eigenvalue weighted by molar-refractivity contribution is 9.10. The number of carboxylic acids is 1. The predicted molar refractivity (Wildman–Crippen MR) is 70.3 cm³/mol. The minimum Gasteiger partial charge on any atom is -0.480 e. The molecule has 1 fully saturated rings. The zero-order valence-electron chi connectivity index (χ0n) is 10.0. The van der Waals surface area contributed by atoms with E-state index in [1.807, 2.05) is 0 Å².